The molecule has 0 bridgehead atoms. The number of amides is 1. The van der Waals surface area contributed by atoms with E-state index in [1.165, 1.54) is 0 Å². The smallest absolute Gasteiger partial charge is 0.268 e. The summed E-state index contributed by atoms with van der Waals surface area (Å²) in [5.41, 5.74) is 8.86. The SMILES string of the molecule is CC(NC(=O)c1cc2cc(N)ccc2[nH]1)c1ccncc1. The third-order valence-corrected chi connectivity index (χ3v) is 3.44. The standard InChI is InChI=1S/C16H16N4O/c1-10(11-4-6-18-7-5-11)19-16(21)15-9-12-8-13(17)2-3-14(12)20-15/h2-10,20H,17H2,1H3,(H,19,21). The average Bonchev–Trinajstić information content (AvgIpc) is 2.91. The molecule has 21 heavy (non-hydrogen) atoms. The fraction of sp³-hybridized carbons (Fsp3) is 0.125. The van der Waals surface area contributed by atoms with Crippen molar-refractivity contribution >= 4 is 22.5 Å². The summed E-state index contributed by atoms with van der Waals surface area (Å²) in [6, 6.07) is 11.0. The second-order valence-corrected chi connectivity index (χ2v) is 5.01. The van der Waals surface area contributed by atoms with Gasteiger partial charge in [0.05, 0.1) is 6.04 Å². The predicted octanol–water partition coefficient (Wildman–Crippen LogP) is 2.64. The zero-order valence-corrected chi connectivity index (χ0v) is 11.6. The molecule has 5 heteroatoms. The van der Waals surface area contributed by atoms with Crippen molar-refractivity contribution in [3.63, 3.8) is 0 Å². The number of pyridine rings is 1. The lowest BCUT2D eigenvalue weighted by molar-refractivity contribution is 0.0935. The molecule has 0 aliphatic heterocycles. The summed E-state index contributed by atoms with van der Waals surface area (Å²) in [4.78, 5) is 19.4. The molecule has 3 aromatic rings. The van der Waals surface area contributed by atoms with E-state index < -0.39 is 0 Å². The Morgan fingerprint density at radius 3 is 2.76 bits per heavy atom. The molecule has 0 saturated heterocycles. The van der Waals surface area contributed by atoms with Gasteiger partial charge in [-0.25, -0.2) is 0 Å². The molecule has 0 radical (unpaired) electrons. The Labute approximate surface area is 122 Å². The van der Waals surface area contributed by atoms with E-state index >= 15 is 0 Å². The Hall–Kier alpha value is -2.82. The third kappa shape index (κ3) is 2.72. The minimum atomic E-state index is -0.144. The van der Waals surface area contributed by atoms with Crippen LogP contribution in [0.25, 0.3) is 10.9 Å². The van der Waals surface area contributed by atoms with Crippen LogP contribution in [0.5, 0.6) is 0 Å². The van der Waals surface area contributed by atoms with E-state index in [1.54, 1.807) is 24.5 Å². The number of nitrogens with two attached hydrogens (primary N) is 1. The highest BCUT2D eigenvalue weighted by atomic mass is 16.1. The number of rotatable bonds is 3. The Morgan fingerprint density at radius 2 is 2.00 bits per heavy atom. The minimum absolute atomic E-state index is 0.0861. The minimum Gasteiger partial charge on any atom is -0.399 e. The largest absolute Gasteiger partial charge is 0.399 e. The maximum absolute atomic E-state index is 12.3. The van der Waals surface area contributed by atoms with Gasteiger partial charge in [-0.1, -0.05) is 0 Å². The van der Waals surface area contributed by atoms with Crippen LogP contribution < -0.4 is 11.1 Å². The highest BCUT2D eigenvalue weighted by Gasteiger charge is 2.13. The molecule has 3 rings (SSSR count). The van der Waals surface area contributed by atoms with Gasteiger partial charge in [-0.2, -0.15) is 0 Å². The monoisotopic (exact) mass is 280 g/mol. The predicted molar refractivity (Wildman–Crippen MR) is 82.8 cm³/mol. The van der Waals surface area contributed by atoms with Crippen LogP contribution in [0.1, 0.15) is 29.0 Å². The van der Waals surface area contributed by atoms with Gasteiger partial charge in [0.1, 0.15) is 5.69 Å². The Balaban J connectivity index is 1.80. The van der Waals surface area contributed by atoms with E-state index in [0.717, 1.165) is 16.5 Å². The molecule has 0 fully saturated rings. The molecule has 5 nitrogen and oxygen atoms in total. The number of benzene rings is 1. The Kier molecular flexibility index (Phi) is 3.31. The maximum atomic E-state index is 12.3. The van der Waals surface area contributed by atoms with E-state index in [-0.39, 0.29) is 11.9 Å². The van der Waals surface area contributed by atoms with E-state index in [0.29, 0.717) is 11.4 Å². The van der Waals surface area contributed by atoms with Gasteiger partial charge in [0.15, 0.2) is 0 Å². The summed E-state index contributed by atoms with van der Waals surface area (Å²) in [7, 11) is 0. The normalized spacial score (nSPS) is 12.2. The van der Waals surface area contributed by atoms with Crippen molar-refractivity contribution in [2.24, 2.45) is 0 Å². The van der Waals surface area contributed by atoms with Crippen LogP contribution in [0.3, 0.4) is 0 Å². The first kappa shape index (κ1) is 13.2. The number of hydrogen-bond acceptors (Lipinski definition) is 3. The molecule has 4 N–H and O–H groups in total. The van der Waals surface area contributed by atoms with Crippen molar-refractivity contribution in [1.82, 2.24) is 15.3 Å². The van der Waals surface area contributed by atoms with E-state index in [1.807, 2.05) is 31.2 Å². The number of aromatic amines is 1. The number of nitrogens with zero attached hydrogens (tertiary/aromatic N) is 1. The van der Waals surface area contributed by atoms with Gasteiger partial charge in [0, 0.05) is 29.0 Å². The van der Waals surface area contributed by atoms with E-state index in [2.05, 4.69) is 15.3 Å². The molecule has 1 aromatic carbocycles. The number of anilines is 1. The van der Waals surface area contributed by atoms with E-state index in [4.69, 9.17) is 5.73 Å². The van der Waals surface area contributed by atoms with Gasteiger partial charge in [-0.05, 0) is 48.9 Å². The van der Waals surface area contributed by atoms with Gasteiger partial charge in [0.25, 0.3) is 5.91 Å². The molecule has 0 aliphatic carbocycles. The first-order valence-electron chi connectivity index (χ1n) is 6.72. The zero-order chi connectivity index (χ0) is 14.8. The van der Waals surface area contributed by atoms with Crippen LogP contribution in [-0.4, -0.2) is 15.9 Å². The van der Waals surface area contributed by atoms with Crippen LogP contribution in [0.4, 0.5) is 5.69 Å². The Morgan fingerprint density at radius 1 is 1.24 bits per heavy atom. The van der Waals surface area contributed by atoms with Gasteiger partial charge >= 0.3 is 0 Å². The molecule has 2 heterocycles. The van der Waals surface area contributed by atoms with Crippen molar-refractivity contribution in [3.8, 4) is 0 Å². The lowest BCUT2D eigenvalue weighted by Crippen LogP contribution is -2.26. The highest BCUT2D eigenvalue weighted by Crippen LogP contribution is 2.19. The number of H-pyrrole nitrogens is 1. The first-order valence-corrected chi connectivity index (χ1v) is 6.72. The van der Waals surface area contributed by atoms with Crippen LogP contribution in [0, 0.1) is 0 Å². The second-order valence-electron chi connectivity index (χ2n) is 5.01. The summed E-state index contributed by atoms with van der Waals surface area (Å²) >= 11 is 0. The molecular formula is C16H16N4O. The molecule has 1 atom stereocenters. The van der Waals surface area contributed by atoms with Crippen LogP contribution >= 0.6 is 0 Å². The molecule has 106 valence electrons. The van der Waals surface area contributed by atoms with E-state index in [9.17, 15) is 4.79 Å². The van der Waals surface area contributed by atoms with Gasteiger partial charge in [-0.3, -0.25) is 9.78 Å². The third-order valence-electron chi connectivity index (χ3n) is 3.44. The molecule has 2 aromatic heterocycles. The van der Waals surface area contributed by atoms with Crippen molar-refractivity contribution < 1.29 is 4.79 Å². The number of carbonyl (C=O) groups excluding carboxylic acids is 1. The molecule has 0 spiro atoms. The van der Waals surface area contributed by atoms with Gasteiger partial charge < -0.3 is 16.0 Å². The summed E-state index contributed by atoms with van der Waals surface area (Å²) in [6.45, 7) is 1.94. The lowest BCUT2D eigenvalue weighted by atomic mass is 10.1. The lowest BCUT2D eigenvalue weighted by Gasteiger charge is -2.13. The maximum Gasteiger partial charge on any atom is 0.268 e. The molecule has 0 saturated carbocycles. The average molecular weight is 280 g/mol. The van der Waals surface area contributed by atoms with Crippen LogP contribution in [0.15, 0.2) is 48.8 Å². The number of hydrogen-bond donors (Lipinski definition) is 3. The summed E-state index contributed by atoms with van der Waals surface area (Å²) < 4.78 is 0. The number of nitrogens with one attached hydrogen (secondary N) is 2. The number of fused-ring (bicyclic) bond motifs is 1. The Bertz CT molecular complexity index is 779. The second kappa shape index (κ2) is 5.28. The van der Waals surface area contributed by atoms with Crippen molar-refractivity contribution in [3.05, 3.63) is 60.0 Å². The topological polar surface area (TPSA) is 83.8 Å². The fourth-order valence-corrected chi connectivity index (χ4v) is 2.28. The summed E-state index contributed by atoms with van der Waals surface area (Å²) in [6.07, 6.45) is 3.42. The van der Waals surface area contributed by atoms with Crippen molar-refractivity contribution in [2.75, 3.05) is 5.73 Å². The fourth-order valence-electron chi connectivity index (χ4n) is 2.28. The molecule has 1 unspecified atom stereocenters. The quantitative estimate of drug-likeness (QED) is 0.645. The van der Waals surface area contributed by atoms with Crippen LogP contribution in [0.2, 0.25) is 0 Å². The molecule has 1 amide bonds. The number of nitrogen functional groups attached to an aromatic ring is 1. The highest BCUT2D eigenvalue weighted by molar-refractivity contribution is 5.98. The number of carbonyl (C=O) groups is 1. The van der Waals surface area contributed by atoms with Crippen molar-refractivity contribution in [2.45, 2.75) is 13.0 Å². The van der Waals surface area contributed by atoms with Gasteiger partial charge in [0.2, 0.25) is 0 Å². The van der Waals surface area contributed by atoms with Crippen LogP contribution in [-0.2, 0) is 0 Å². The molecule has 0 aliphatic rings. The summed E-state index contributed by atoms with van der Waals surface area (Å²) in [5, 5.41) is 3.89. The zero-order valence-electron chi connectivity index (χ0n) is 11.6. The molecular weight excluding hydrogens is 264 g/mol. The van der Waals surface area contributed by atoms with Gasteiger partial charge in [-0.15, -0.1) is 0 Å². The van der Waals surface area contributed by atoms with Crippen molar-refractivity contribution in [1.29, 1.82) is 0 Å². The number of aromatic nitrogens is 2. The summed E-state index contributed by atoms with van der Waals surface area (Å²) in [5.74, 6) is -0.144. The first-order chi connectivity index (χ1) is 10.1.